The number of fused-ring (bicyclic) bond motifs is 1. The zero-order chi connectivity index (χ0) is 26.1. The number of halogens is 3. The van der Waals surface area contributed by atoms with Crippen LogP contribution < -0.4 is 0 Å². The molecule has 0 aliphatic heterocycles. The highest BCUT2D eigenvalue weighted by atomic mass is 19.2. The second-order valence-electron chi connectivity index (χ2n) is 9.91. The minimum Gasteiger partial charge on any atom is -0.207 e. The summed E-state index contributed by atoms with van der Waals surface area (Å²) in [5.41, 5.74) is 7.63. The molecule has 0 aromatic heterocycles. The minimum atomic E-state index is -0.911. The average Bonchev–Trinajstić information content (AvgIpc) is 2.90. The van der Waals surface area contributed by atoms with Gasteiger partial charge in [0.25, 0.3) is 0 Å². The van der Waals surface area contributed by atoms with Gasteiger partial charge in [0.15, 0.2) is 11.6 Å². The molecule has 0 amide bonds. The van der Waals surface area contributed by atoms with E-state index in [1.165, 1.54) is 16.7 Å². The minimum absolute atomic E-state index is 0.157. The molecule has 0 fully saturated rings. The normalized spacial score (nSPS) is 14.8. The molecule has 1 aliphatic carbocycles. The van der Waals surface area contributed by atoms with Gasteiger partial charge in [-0.05, 0) is 83.5 Å². The van der Waals surface area contributed by atoms with Gasteiger partial charge in [0.2, 0.25) is 0 Å². The molecule has 0 nitrogen and oxygen atoms in total. The smallest absolute Gasteiger partial charge is 0.167 e. The Bertz CT molecular complexity index is 1490. The van der Waals surface area contributed by atoms with Crippen LogP contribution in [-0.4, -0.2) is 0 Å². The molecular weight excluding hydrogens is 465 g/mol. The first-order chi connectivity index (χ1) is 17.9. The molecule has 1 atom stereocenters. The first-order valence-corrected chi connectivity index (χ1v) is 12.6. The van der Waals surface area contributed by atoms with Gasteiger partial charge in [-0.1, -0.05) is 84.9 Å². The van der Waals surface area contributed by atoms with Gasteiger partial charge in [0.1, 0.15) is 5.82 Å². The Balaban J connectivity index is 1.36. The molecule has 1 unspecified atom stereocenters. The highest BCUT2D eigenvalue weighted by molar-refractivity contribution is 5.74. The number of aryl methyl sites for hydroxylation is 2. The van der Waals surface area contributed by atoms with Crippen LogP contribution in [0.25, 0.3) is 27.8 Å². The summed E-state index contributed by atoms with van der Waals surface area (Å²) < 4.78 is 44.8. The largest absolute Gasteiger partial charge is 0.207 e. The summed E-state index contributed by atoms with van der Waals surface area (Å²) in [6.45, 7) is 9.53. The SMILES string of the molecule is C=CCC(=C)c1ccc(-c2ccc(-c3ccc(C4CCc5cc(C)ccc5C4)c(F)c3)cc2)c(F)c1F. The molecule has 0 N–H and O–H groups in total. The van der Waals surface area contributed by atoms with E-state index in [9.17, 15) is 8.78 Å². The van der Waals surface area contributed by atoms with Crippen LogP contribution in [0.1, 0.15) is 46.6 Å². The van der Waals surface area contributed by atoms with Crippen LogP contribution in [-0.2, 0) is 12.8 Å². The maximum Gasteiger partial charge on any atom is 0.167 e. The molecule has 0 saturated heterocycles. The van der Waals surface area contributed by atoms with Gasteiger partial charge >= 0.3 is 0 Å². The Morgan fingerprint density at radius 2 is 1.57 bits per heavy atom. The molecular formula is C34H29F3. The lowest BCUT2D eigenvalue weighted by atomic mass is 9.79. The van der Waals surface area contributed by atoms with E-state index in [-0.39, 0.29) is 22.9 Å². The summed E-state index contributed by atoms with van der Waals surface area (Å²) in [6, 6.07) is 22.2. The predicted molar refractivity (Wildman–Crippen MR) is 147 cm³/mol. The molecule has 0 saturated carbocycles. The van der Waals surface area contributed by atoms with Crippen molar-refractivity contribution in [2.75, 3.05) is 0 Å². The van der Waals surface area contributed by atoms with Crippen LogP contribution in [0.2, 0.25) is 0 Å². The fourth-order valence-electron chi connectivity index (χ4n) is 5.36. The van der Waals surface area contributed by atoms with E-state index in [0.717, 1.165) is 36.0 Å². The third-order valence-corrected chi connectivity index (χ3v) is 7.41. The summed E-state index contributed by atoms with van der Waals surface area (Å²) >= 11 is 0. The topological polar surface area (TPSA) is 0 Å². The number of hydrogen-bond acceptors (Lipinski definition) is 0. The van der Waals surface area contributed by atoms with Crippen molar-refractivity contribution in [3.05, 3.63) is 137 Å². The van der Waals surface area contributed by atoms with Crippen LogP contribution in [0.3, 0.4) is 0 Å². The van der Waals surface area contributed by atoms with Crippen molar-refractivity contribution in [3.63, 3.8) is 0 Å². The van der Waals surface area contributed by atoms with E-state index in [0.29, 0.717) is 17.6 Å². The van der Waals surface area contributed by atoms with Crippen molar-refractivity contribution in [1.29, 1.82) is 0 Å². The molecule has 0 heterocycles. The summed E-state index contributed by atoms with van der Waals surface area (Å²) in [5, 5.41) is 0. The molecule has 3 heteroatoms. The number of hydrogen-bond donors (Lipinski definition) is 0. The van der Waals surface area contributed by atoms with Gasteiger partial charge in [0.05, 0.1) is 0 Å². The lowest BCUT2D eigenvalue weighted by Gasteiger charge is -2.26. The zero-order valence-corrected chi connectivity index (χ0v) is 21.0. The van der Waals surface area contributed by atoms with Crippen molar-refractivity contribution >= 4 is 5.57 Å². The Morgan fingerprint density at radius 3 is 2.30 bits per heavy atom. The summed E-state index contributed by atoms with van der Waals surface area (Å²) in [4.78, 5) is 0. The van der Waals surface area contributed by atoms with E-state index >= 15 is 4.39 Å². The molecule has 0 spiro atoms. The molecule has 4 aromatic carbocycles. The van der Waals surface area contributed by atoms with Crippen molar-refractivity contribution in [2.24, 2.45) is 0 Å². The van der Waals surface area contributed by atoms with E-state index in [4.69, 9.17) is 0 Å². The quantitative estimate of drug-likeness (QED) is 0.234. The second kappa shape index (κ2) is 10.3. The second-order valence-corrected chi connectivity index (χ2v) is 9.91. The third-order valence-electron chi connectivity index (χ3n) is 7.41. The van der Waals surface area contributed by atoms with E-state index in [1.54, 1.807) is 36.4 Å². The summed E-state index contributed by atoms with van der Waals surface area (Å²) in [7, 11) is 0. The molecule has 0 radical (unpaired) electrons. The maximum absolute atomic E-state index is 15.3. The van der Waals surface area contributed by atoms with E-state index in [2.05, 4.69) is 38.3 Å². The van der Waals surface area contributed by atoms with Crippen molar-refractivity contribution < 1.29 is 13.2 Å². The molecule has 37 heavy (non-hydrogen) atoms. The Morgan fingerprint density at radius 1 is 0.838 bits per heavy atom. The molecule has 0 bridgehead atoms. The highest BCUT2D eigenvalue weighted by Crippen LogP contribution is 2.36. The first-order valence-electron chi connectivity index (χ1n) is 12.6. The van der Waals surface area contributed by atoms with Crippen molar-refractivity contribution in [2.45, 2.75) is 38.5 Å². The summed E-state index contributed by atoms with van der Waals surface area (Å²) in [6.07, 6.45) is 4.74. The van der Waals surface area contributed by atoms with Crippen LogP contribution in [0, 0.1) is 24.4 Å². The van der Waals surface area contributed by atoms with Gasteiger partial charge in [-0.15, -0.1) is 6.58 Å². The summed E-state index contributed by atoms with van der Waals surface area (Å²) in [5.74, 6) is -1.86. The monoisotopic (exact) mass is 494 g/mol. The Kier molecular flexibility index (Phi) is 6.88. The van der Waals surface area contributed by atoms with Crippen LogP contribution in [0.15, 0.2) is 92.0 Å². The number of rotatable bonds is 6. The Labute approximate surface area is 216 Å². The fourth-order valence-corrected chi connectivity index (χ4v) is 5.36. The van der Waals surface area contributed by atoms with Crippen LogP contribution in [0.5, 0.6) is 0 Å². The Hall–Kier alpha value is -3.85. The third kappa shape index (κ3) is 4.91. The molecule has 186 valence electrons. The van der Waals surface area contributed by atoms with Gasteiger partial charge in [0, 0.05) is 11.1 Å². The highest BCUT2D eigenvalue weighted by Gasteiger charge is 2.23. The average molecular weight is 495 g/mol. The molecule has 1 aliphatic rings. The first kappa shape index (κ1) is 24.8. The molecule has 5 rings (SSSR count). The van der Waals surface area contributed by atoms with E-state index in [1.807, 2.05) is 24.3 Å². The van der Waals surface area contributed by atoms with Gasteiger partial charge in [-0.25, -0.2) is 13.2 Å². The predicted octanol–water partition coefficient (Wildman–Crippen LogP) is 9.61. The fraction of sp³-hybridized carbons (Fsp3) is 0.176. The maximum atomic E-state index is 15.3. The molecule has 4 aromatic rings. The lowest BCUT2D eigenvalue weighted by Crippen LogP contribution is -2.14. The van der Waals surface area contributed by atoms with Crippen molar-refractivity contribution in [1.82, 2.24) is 0 Å². The number of benzene rings is 4. The zero-order valence-electron chi connectivity index (χ0n) is 21.0. The number of allylic oxidation sites excluding steroid dienone is 2. The van der Waals surface area contributed by atoms with E-state index < -0.39 is 11.6 Å². The van der Waals surface area contributed by atoms with Crippen LogP contribution in [0.4, 0.5) is 13.2 Å². The lowest BCUT2D eigenvalue weighted by molar-refractivity contribution is 0.509. The van der Waals surface area contributed by atoms with Gasteiger partial charge in [-0.3, -0.25) is 0 Å². The van der Waals surface area contributed by atoms with Crippen molar-refractivity contribution in [3.8, 4) is 22.3 Å². The van der Waals surface area contributed by atoms with Gasteiger partial charge in [-0.2, -0.15) is 0 Å². The van der Waals surface area contributed by atoms with Gasteiger partial charge < -0.3 is 0 Å². The van der Waals surface area contributed by atoms with Crippen LogP contribution >= 0.6 is 0 Å². The standard InChI is InChI=1S/C34H29F3/c1-4-5-22(3)29-16-17-31(34(37)33(29)36)24-10-8-23(9-11-24)27-14-15-30(32(35)20-27)28-13-12-25-18-21(2)6-7-26(25)19-28/h4,6-11,14-18,20,28H,1,3,5,12-13,19H2,2H3.